The topological polar surface area (TPSA) is 135 Å². The lowest BCUT2D eigenvalue weighted by molar-refractivity contribution is -0.142. The van der Waals surface area contributed by atoms with Crippen molar-refractivity contribution in [3.8, 4) is 0 Å². The van der Waals surface area contributed by atoms with Crippen LogP contribution < -0.4 is 10.6 Å². The zero-order valence-electron chi connectivity index (χ0n) is 18.9. The van der Waals surface area contributed by atoms with Gasteiger partial charge in [-0.1, -0.05) is 12.1 Å². The molecule has 1 aromatic heterocycles. The number of ether oxygens (including phenoxy) is 1. The summed E-state index contributed by atoms with van der Waals surface area (Å²) in [7, 11) is 0. The molecule has 182 valence electrons. The van der Waals surface area contributed by atoms with Gasteiger partial charge in [-0.3, -0.25) is 14.4 Å². The quantitative estimate of drug-likeness (QED) is 0.270. The fourth-order valence-corrected chi connectivity index (χ4v) is 4.53. The molecule has 0 saturated heterocycles. The molecular weight excluding hydrogens is 490 g/mol. The number of benzene rings is 2. The highest BCUT2D eigenvalue weighted by Crippen LogP contribution is 2.26. The predicted octanol–water partition coefficient (Wildman–Crippen LogP) is 4.32. The van der Waals surface area contributed by atoms with Gasteiger partial charge in [0.2, 0.25) is 5.91 Å². The van der Waals surface area contributed by atoms with Gasteiger partial charge in [0, 0.05) is 16.0 Å². The van der Waals surface area contributed by atoms with Gasteiger partial charge in [0.05, 0.1) is 35.1 Å². The standard InChI is InChI=1S/C24H23N3O6S2/c1-3-33-20(28)12-16-13-34-24(26-16)27-21(29)14(2)35-17-10-8-15(9-11-17)25-22(30)18-6-4-5-7-19(18)23(31)32/h4-11,13-14H,3,12H2,1-2H3,(H,25,30)(H,31,32)(H,26,27,29). The lowest BCUT2D eigenvalue weighted by Gasteiger charge is -2.12. The largest absolute Gasteiger partial charge is 0.478 e. The van der Waals surface area contributed by atoms with E-state index in [1.807, 2.05) is 0 Å². The summed E-state index contributed by atoms with van der Waals surface area (Å²) in [6.07, 6.45) is 0.0509. The van der Waals surface area contributed by atoms with Gasteiger partial charge in [0.15, 0.2) is 5.13 Å². The molecule has 1 heterocycles. The first-order chi connectivity index (χ1) is 16.8. The molecule has 3 N–H and O–H groups in total. The number of carbonyl (C=O) groups excluding carboxylic acids is 3. The number of carboxylic acid groups (broad SMARTS) is 1. The second-order valence-electron chi connectivity index (χ2n) is 7.20. The molecule has 0 saturated carbocycles. The number of amides is 2. The second kappa shape index (κ2) is 12.1. The van der Waals surface area contributed by atoms with Gasteiger partial charge in [-0.25, -0.2) is 9.78 Å². The summed E-state index contributed by atoms with van der Waals surface area (Å²) in [5.41, 5.74) is 1.02. The number of rotatable bonds is 10. The van der Waals surface area contributed by atoms with Crippen LogP contribution in [0.25, 0.3) is 0 Å². The molecule has 0 aliphatic rings. The highest BCUT2D eigenvalue weighted by molar-refractivity contribution is 8.00. The molecule has 35 heavy (non-hydrogen) atoms. The summed E-state index contributed by atoms with van der Waals surface area (Å²) < 4.78 is 4.90. The third-order valence-electron chi connectivity index (χ3n) is 4.61. The van der Waals surface area contributed by atoms with Crippen molar-refractivity contribution in [2.75, 3.05) is 17.2 Å². The van der Waals surface area contributed by atoms with Crippen LogP contribution in [0.2, 0.25) is 0 Å². The first-order valence-electron chi connectivity index (χ1n) is 10.6. The highest BCUT2D eigenvalue weighted by Gasteiger charge is 2.18. The fourth-order valence-electron chi connectivity index (χ4n) is 2.95. The molecule has 0 aliphatic carbocycles. The molecule has 0 spiro atoms. The molecule has 0 aliphatic heterocycles. The third-order valence-corrected chi connectivity index (χ3v) is 6.53. The number of anilines is 2. The summed E-state index contributed by atoms with van der Waals surface area (Å²) in [5, 5.41) is 16.4. The molecule has 3 aromatic rings. The lowest BCUT2D eigenvalue weighted by atomic mass is 10.1. The van der Waals surface area contributed by atoms with Crippen LogP contribution in [0.3, 0.4) is 0 Å². The van der Waals surface area contributed by atoms with Crippen molar-refractivity contribution in [2.45, 2.75) is 30.4 Å². The maximum Gasteiger partial charge on any atom is 0.336 e. The summed E-state index contributed by atoms with van der Waals surface area (Å²) in [5.74, 6) is -2.32. The van der Waals surface area contributed by atoms with Crippen LogP contribution in [0.5, 0.6) is 0 Å². The van der Waals surface area contributed by atoms with Crippen LogP contribution in [0, 0.1) is 0 Å². The Balaban J connectivity index is 1.54. The maximum absolute atomic E-state index is 12.5. The van der Waals surface area contributed by atoms with Crippen LogP contribution in [0.4, 0.5) is 10.8 Å². The third kappa shape index (κ3) is 7.39. The second-order valence-corrected chi connectivity index (χ2v) is 9.48. The van der Waals surface area contributed by atoms with Gasteiger partial charge in [0.1, 0.15) is 0 Å². The molecule has 1 unspecified atom stereocenters. The molecule has 3 rings (SSSR count). The van der Waals surface area contributed by atoms with Crippen molar-refractivity contribution in [1.82, 2.24) is 4.98 Å². The zero-order valence-corrected chi connectivity index (χ0v) is 20.6. The van der Waals surface area contributed by atoms with Crippen LogP contribution in [0.1, 0.15) is 40.3 Å². The van der Waals surface area contributed by atoms with Gasteiger partial charge in [-0.15, -0.1) is 23.1 Å². The number of nitrogens with one attached hydrogen (secondary N) is 2. The Kier molecular flexibility index (Phi) is 8.98. The van der Waals surface area contributed by atoms with E-state index in [2.05, 4.69) is 15.6 Å². The van der Waals surface area contributed by atoms with Crippen LogP contribution >= 0.6 is 23.1 Å². The smallest absolute Gasteiger partial charge is 0.336 e. The van der Waals surface area contributed by atoms with Crippen molar-refractivity contribution in [3.05, 3.63) is 70.7 Å². The Bertz CT molecular complexity index is 1230. The molecule has 1 atom stereocenters. The van der Waals surface area contributed by atoms with E-state index in [0.717, 1.165) is 4.90 Å². The summed E-state index contributed by atoms with van der Waals surface area (Å²) in [6.45, 7) is 3.79. The first-order valence-corrected chi connectivity index (χ1v) is 12.3. The number of hydrogen-bond acceptors (Lipinski definition) is 8. The van der Waals surface area contributed by atoms with Gasteiger partial charge in [-0.2, -0.15) is 0 Å². The molecule has 11 heteroatoms. The molecule has 2 amide bonds. The Labute approximate surface area is 209 Å². The minimum atomic E-state index is -1.18. The number of aromatic carboxylic acids is 1. The van der Waals surface area contributed by atoms with Gasteiger partial charge in [-0.05, 0) is 50.2 Å². The summed E-state index contributed by atoms with van der Waals surface area (Å²) >= 11 is 2.56. The fraction of sp³-hybridized carbons (Fsp3) is 0.208. The van der Waals surface area contributed by atoms with Crippen molar-refractivity contribution in [1.29, 1.82) is 0 Å². The van der Waals surface area contributed by atoms with Crippen molar-refractivity contribution >= 4 is 57.7 Å². The number of carboxylic acids is 1. The Hall–Kier alpha value is -3.70. The Morgan fingerprint density at radius 3 is 2.40 bits per heavy atom. The number of nitrogens with zero attached hydrogens (tertiary/aromatic N) is 1. The molecule has 0 fully saturated rings. The minimum absolute atomic E-state index is 0.0509. The van der Waals surface area contributed by atoms with E-state index in [1.165, 1.54) is 35.2 Å². The first kappa shape index (κ1) is 25.9. The molecule has 0 radical (unpaired) electrons. The van der Waals surface area contributed by atoms with Crippen molar-refractivity contribution in [2.24, 2.45) is 0 Å². The lowest BCUT2D eigenvalue weighted by Crippen LogP contribution is -2.22. The Morgan fingerprint density at radius 1 is 1.06 bits per heavy atom. The number of carbonyl (C=O) groups is 4. The van der Waals surface area contributed by atoms with E-state index in [4.69, 9.17) is 4.74 Å². The number of thiazole rings is 1. The van der Waals surface area contributed by atoms with E-state index in [9.17, 15) is 24.3 Å². The maximum atomic E-state index is 12.5. The van der Waals surface area contributed by atoms with Crippen molar-refractivity contribution < 1.29 is 29.0 Å². The van der Waals surface area contributed by atoms with E-state index in [1.54, 1.807) is 55.6 Å². The number of hydrogen-bond donors (Lipinski definition) is 3. The highest BCUT2D eigenvalue weighted by atomic mass is 32.2. The van der Waals surface area contributed by atoms with E-state index in [0.29, 0.717) is 23.1 Å². The average Bonchev–Trinajstić information content (AvgIpc) is 3.26. The monoisotopic (exact) mass is 513 g/mol. The predicted molar refractivity (Wildman–Crippen MR) is 134 cm³/mol. The van der Waals surface area contributed by atoms with E-state index < -0.39 is 17.1 Å². The number of thioether (sulfide) groups is 1. The van der Waals surface area contributed by atoms with E-state index >= 15 is 0 Å². The molecule has 2 aromatic carbocycles. The Morgan fingerprint density at radius 2 is 1.74 bits per heavy atom. The number of aromatic nitrogens is 1. The SMILES string of the molecule is CCOC(=O)Cc1csc(NC(=O)C(C)Sc2ccc(NC(=O)c3ccccc3C(=O)O)cc2)n1. The summed E-state index contributed by atoms with van der Waals surface area (Å²) in [6, 6.07) is 12.8. The molecule has 0 bridgehead atoms. The summed E-state index contributed by atoms with van der Waals surface area (Å²) in [4.78, 5) is 53.0. The molecule has 9 nitrogen and oxygen atoms in total. The normalized spacial score (nSPS) is 11.4. The average molecular weight is 514 g/mol. The number of esters is 1. The van der Waals surface area contributed by atoms with Gasteiger partial charge < -0.3 is 20.5 Å². The van der Waals surface area contributed by atoms with Gasteiger partial charge >= 0.3 is 11.9 Å². The van der Waals surface area contributed by atoms with Crippen LogP contribution in [-0.2, 0) is 20.7 Å². The van der Waals surface area contributed by atoms with Crippen LogP contribution in [-0.4, -0.2) is 45.7 Å². The van der Waals surface area contributed by atoms with Gasteiger partial charge in [0.25, 0.3) is 5.91 Å². The van der Waals surface area contributed by atoms with Crippen molar-refractivity contribution in [3.63, 3.8) is 0 Å². The minimum Gasteiger partial charge on any atom is -0.478 e. The molecular formula is C24H23N3O6S2. The van der Waals surface area contributed by atoms with Crippen LogP contribution in [0.15, 0.2) is 58.8 Å². The zero-order chi connectivity index (χ0) is 25.4. The van der Waals surface area contributed by atoms with E-state index in [-0.39, 0.29) is 29.4 Å².